The molecule has 1 heterocycles. The number of aromatic carboxylic acids is 1. The number of rotatable bonds is 4. The van der Waals surface area contributed by atoms with E-state index in [1.807, 2.05) is 35.7 Å². The third-order valence-electron chi connectivity index (χ3n) is 2.95. The van der Waals surface area contributed by atoms with E-state index in [0.717, 1.165) is 22.1 Å². The quantitative estimate of drug-likeness (QED) is 0.803. The molecule has 2 aromatic carbocycles. The average Bonchev–Trinajstić information content (AvgIpc) is 2.97. The van der Waals surface area contributed by atoms with Gasteiger partial charge in [-0.25, -0.2) is 4.98 Å². The molecule has 0 fully saturated rings. The number of hydrogen-bond acceptors (Lipinski definition) is 5. The van der Waals surface area contributed by atoms with E-state index in [1.54, 1.807) is 12.1 Å². The molecule has 0 amide bonds. The standard InChI is InChI=1S/C16H12N2O2S/c19-15(20)12-6-8-13(9-7-12)17-16-18-14(10-21-16)11-4-2-1-3-5-11/h1-10H,(H,17,18)(H,19,20)/p-1. The van der Waals surface area contributed by atoms with Gasteiger partial charge in [-0.3, -0.25) is 0 Å². The second-order valence-corrected chi connectivity index (χ2v) is 5.25. The number of hydrogen-bond donors (Lipinski definition) is 1. The molecule has 0 aliphatic carbocycles. The van der Waals surface area contributed by atoms with Crippen LogP contribution >= 0.6 is 11.3 Å². The van der Waals surface area contributed by atoms with Gasteiger partial charge in [0.25, 0.3) is 0 Å². The summed E-state index contributed by atoms with van der Waals surface area (Å²) < 4.78 is 0. The Bertz CT molecular complexity index is 751. The second-order valence-electron chi connectivity index (χ2n) is 4.39. The Morgan fingerprint density at radius 1 is 1.05 bits per heavy atom. The number of benzene rings is 2. The fourth-order valence-corrected chi connectivity index (χ4v) is 2.63. The summed E-state index contributed by atoms with van der Waals surface area (Å²) in [6.45, 7) is 0. The molecule has 21 heavy (non-hydrogen) atoms. The first kappa shape index (κ1) is 13.3. The molecule has 0 saturated heterocycles. The molecule has 4 nitrogen and oxygen atoms in total. The van der Waals surface area contributed by atoms with Crippen LogP contribution in [0.15, 0.2) is 60.0 Å². The van der Waals surface area contributed by atoms with E-state index in [9.17, 15) is 9.90 Å². The molecule has 0 radical (unpaired) electrons. The number of carbonyl (C=O) groups is 1. The van der Waals surface area contributed by atoms with Crippen molar-refractivity contribution in [2.75, 3.05) is 5.32 Å². The first-order valence-corrected chi connectivity index (χ1v) is 7.20. The van der Waals surface area contributed by atoms with E-state index >= 15 is 0 Å². The van der Waals surface area contributed by atoms with Gasteiger partial charge in [-0.15, -0.1) is 11.3 Å². The maximum Gasteiger partial charge on any atom is 0.187 e. The van der Waals surface area contributed by atoms with Crippen molar-refractivity contribution in [1.29, 1.82) is 0 Å². The monoisotopic (exact) mass is 295 g/mol. The van der Waals surface area contributed by atoms with Crippen molar-refractivity contribution in [3.8, 4) is 11.3 Å². The molecule has 0 saturated carbocycles. The Balaban J connectivity index is 1.77. The Morgan fingerprint density at radius 3 is 2.43 bits per heavy atom. The van der Waals surface area contributed by atoms with Crippen LogP contribution in [0.25, 0.3) is 11.3 Å². The van der Waals surface area contributed by atoms with Crippen LogP contribution in [0.4, 0.5) is 10.8 Å². The molecule has 0 bridgehead atoms. The van der Waals surface area contributed by atoms with Crippen LogP contribution in [0.1, 0.15) is 10.4 Å². The van der Waals surface area contributed by atoms with Crippen LogP contribution in [-0.4, -0.2) is 11.0 Å². The molecule has 0 atom stereocenters. The first-order chi connectivity index (χ1) is 10.2. The van der Waals surface area contributed by atoms with Crippen LogP contribution in [0.5, 0.6) is 0 Å². The Labute approximate surface area is 125 Å². The van der Waals surface area contributed by atoms with Gasteiger partial charge >= 0.3 is 0 Å². The minimum Gasteiger partial charge on any atom is -0.545 e. The largest absolute Gasteiger partial charge is 0.545 e. The number of carbonyl (C=O) groups excluding carboxylic acids is 1. The van der Waals surface area contributed by atoms with E-state index in [-0.39, 0.29) is 5.56 Å². The molecule has 3 aromatic rings. The summed E-state index contributed by atoms with van der Waals surface area (Å²) in [5, 5.41) is 16.6. The van der Waals surface area contributed by atoms with Crippen molar-refractivity contribution in [2.45, 2.75) is 0 Å². The van der Waals surface area contributed by atoms with Crippen LogP contribution < -0.4 is 10.4 Å². The van der Waals surface area contributed by atoms with Gasteiger partial charge in [0.2, 0.25) is 0 Å². The van der Waals surface area contributed by atoms with E-state index in [0.29, 0.717) is 0 Å². The number of nitrogens with one attached hydrogen (secondary N) is 1. The van der Waals surface area contributed by atoms with E-state index < -0.39 is 5.97 Å². The highest BCUT2D eigenvalue weighted by Crippen LogP contribution is 2.26. The fraction of sp³-hybridized carbons (Fsp3) is 0. The summed E-state index contributed by atoms with van der Waals surface area (Å²) in [6.07, 6.45) is 0. The SMILES string of the molecule is O=C([O-])c1ccc(Nc2nc(-c3ccccc3)cs2)cc1. The highest BCUT2D eigenvalue weighted by Gasteiger charge is 2.04. The molecule has 3 rings (SSSR count). The van der Waals surface area contributed by atoms with E-state index in [4.69, 9.17) is 0 Å². The van der Waals surface area contributed by atoms with Gasteiger partial charge in [-0.1, -0.05) is 42.5 Å². The van der Waals surface area contributed by atoms with Crippen LogP contribution in [-0.2, 0) is 0 Å². The van der Waals surface area contributed by atoms with Gasteiger partial charge in [0.15, 0.2) is 5.13 Å². The van der Waals surface area contributed by atoms with Gasteiger partial charge in [0, 0.05) is 16.6 Å². The number of thiazole rings is 1. The van der Waals surface area contributed by atoms with Crippen molar-refractivity contribution in [3.05, 3.63) is 65.5 Å². The molecule has 1 N–H and O–H groups in total. The zero-order valence-electron chi connectivity index (χ0n) is 10.9. The second kappa shape index (κ2) is 5.76. The lowest BCUT2D eigenvalue weighted by atomic mass is 10.2. The lowest BCUT2D eigenvalue weighted by Crippen LogP contribution is -2.21. The van der Waals surface area contributed by atoms with Crippen molar-refractivity contribution in [2.24, 2.45) is 0 Å². The Kier molecular flexibility index (Phi) is 3.66. The zero-order chi connectivity index (χ0) is 14.7. The van der Waals surface area contributed by atoms with Crippen LogP contribution in [0, 0.1) is 0 Å². The van der Waals surface area contributed by atoms with E-state index in [2.05, 4.69) is 10.3 Å². The van der Waals surface area contributed by atoms with Gasteiger partial charge in [-0.2, -0.15) is 0 Å². The average molecular weight is 295 g/mol. The predicted molar refractivity (Wildman–Crippen MR) is 81.6 cm³/mol. The summed E-state index contributed by atoms with van der Waals surface area (Å²) in [4.78, 5) is 15.2. The highest BCUT2D eigenvalue weighted by atomic mass is 32.1. The van der Waals surface area contributed by atoms with Crippen molar-refractivity contribution in [3.63, 3.8) is 0 Å². The Hall–Kier alpha value is -2.66. The summed E-state index contributed by atoms with van der Waals surface area (Å²) in [5.74, 6) is -1.18. The van der Waals surface area contributed by atoms with Crippen molar-refractivity contribution >= 4 is 28.1 Å². The minimum atomic E-state index is -1.18. The molecule has 0 aliphatic heterocycles. The maximum absolute atomic E-state index is 10.7. The number of nitrogens with zero attached hydrogens (tertiary/aromatic N) is 1. The number of anilines is 2. The molecule has 5 heteroatoms. The topological polar surface area (TPSA) is 65.0 Å². The normalized spacial score (nSPS) is 10.3. The smallest absolute Gasteiger partial charge is 0.187 e. The van der Waals surface area contributed by atoms with Crippen LogP contribution in [0.2, 0.25) is 0 Å². The molecular formula is C16H11N2O2S-. The summed E-state index contributed by atoms with van der Waals surface area (Å²) >= 11 is 1.50. The van der Waals surface area contributed by atoms with E-state index in [1.165, 1.54) is 23.5 Å². The summed E-state index contributed by atoms with van der Waals surface area (Å²) in [5.41, 5.74) is 2.92. The van der Waals surface area contributed by atoms with Gasteiger partial charge in [-0.05, 0) is 17.7 Å². The van der Waals surface area contributed by atoms with Crippen LogP contribution in [0.3, 0.4) is 0 Å². The van der Waals surface area contributed by atoms with Gasteiger partial charge in [0.1, 0.15) is 0 Å². The number of carboxylic acid groups (broad SMARTS) is 1. The summed E-state index contributed by atoms with van der Waals surface area (Å²) in [6, 6.07) is 16.3. The van der Waals surface area contributed by atoms with Gasteiger partial charge in [0.05, 0.1) is 11.7 Å². The molecule has 0 spiro atoms. The minimum absolute atomic E-state index is 0.157. The highest BCUT2D eigenvalue weighted by molar-refractivity contribution is 7.14. The third-order valence-corrected chi connectivity index (χ3v) is 3.70. The molecule has 0 aliphatic rings. The maximum atomic E-state index is 10.7. The molecular weight excluding hydrogens is 284 g/mol. The summed E-state index contributed by atoms with van der Waals surface area (Å²) in [7, 11) is 0. The predicted octanol–water partition coefficient (Wildman–Crippen LogP) is 2.92. The number of carboxylic acids is 1. The van der Waals surface area contributed by atoms with Gasteiger partial charge < -0.3 is 15.2 Å². The number of aromatic nitrogens is 1. The lowest BCUT2D eigenvalue weighted by molar-refractivity contribution is -0.255. The molecule has 104 valence electrons. The first-order valence-electron chi connectivity index (χ1n) is 6.32. The molecule has 0 unspecified atom stereocenters. The zero-order valence-corrected chi connectivity index (χ0v) is 11.8. The van der Waals surface area contributed by atoms with Crippen molar-refractivity contribution < 1.29 is 9.90 Å². The fourth-order valence-electron chi connectivity index (χ4n) is 1.89. The lowest BCUT2D eigenvalue weighted by Gasteiger charge is -2.05. The molecule has 1 aromatic heterocycles. The van der Waals surface area contributed by atoms with Crippen molar-refractivity contribution in [1.82, 2.24) is 4.98 Å². The third kappa shape index (κ3) is 3.09. The Morgan fingerprint density at radius 2 is 1.76 bits per heavy atom.